The molecule has 2 heterocycles. The highest BCUT2D eigenvalue weighted by Crippen LogP contribution is 2.35. The molecule has 0 bridgehead atoms. The van der Waals surface area contributed by atoms with Crippen LogP contribution in [0.1, 0.15) is 47.5 Å². The number of benzene rings is 4. The first-order valence-electron chi connectivity index (χ1n) is 15.7. The number of aromatic nitrogens is 1. The quantitative estimate of drug-likeness (QED) is 0.104. The van der Waals surface area contributed by atoms with Gasteiger partial charge in [0.15, 0.2) is 0 Å². The van der Waals surface area contributed by atoms with Crippen LogP contribution in [0.4, 0.5) is 0 Å². The minimum absolute atomic E-state index is 0.00887. The molecule has 1 aliphatic heterocycles. The summed E-state index contributed by atoms with van der Waals surface area (Å²) < 4.78 is 0. The van der Waals surface area contributed by atoms with E-state index in [0.29, 0.717) is 5.92 Å². The summed E-state index contributed by atoms with van der Waals surface area (Å²) in [7, 11) is 0. The third kappa shape index (κ3) is 8.49. The molecule has 1 aliphatic rings. The highest BCUT2D eigenvalue weighted by molar-refractivity contribution is 6.27. The fourth-order valence-electron chi connectivity index (χ4n) is 5.97. The van der Waals surface area contributed by atoms with Gasteiger partial charge >= 0.3 is 11.9 Å². The third-order valence-corrected chi connectivity index (χ3v) is 8.47. The molecule has 0 unspecified atom stereocenters. The predicted molar refractivity (Wildman–Crippen MR) is 181 cm³/mol. The van der Waals surface area contributed by atoms with Gasteiger partial charge in [-0.1, -0.05) is 78.9 Å². The maximum atomic E-state index is 12.6. The number of fused-ring (bicyclic) bond motifs is 1. The molecule has 0 aliphatic carbocycles. The Morgan fingerprint density at radius 2 is 1.28 bits per heavy atom. The molecular formula is C38H39N3O5. The Balaban J connectivity index is 0.000000635. The number of hydrogen-bond donors (Lipinski definition) is 4. The second kappa shape index (κ2) is 15.7. The molecule has 46 heavy (non-hydrogen) atoms. The number of nitrogens with zero attached hydrogens (tertiary/aromatic N) is 1. The molecule has 0 radical (unpaired) electrons. The zero-order valence-electron chi connectivity index (χ0n) is 25.7. The highest BCUT2D eigenvalue weighted by Gasteiger charge is 2.23. The number of amides is 1. The Morgan fingerprint density at radius 1 is 0.717 bits per heavy atom. The van der Waals surface area contributed by atoms with E-state index < -0.39 is 11.9 Å². The molecule has 0 saturated carbocycles. The van der Waals surface area contributed by atoms with Gasteiger partial charge in [0.25, 0.3) is 5.91 Å². The van der Waals surface area contributed by atoms with Gasteiger partial charge in [0.05, 0.1) is 0 Å². The average molecular weight is 618 g/mol. The van der Waals surface area contributed by atoms with Crippen LogP contribution in [0, 0.1) is 0 Å². The molecule has 1 amide bonds. The number of piperidine rings is 1. The van der Waals surface area contributed by atoms with Crippen LogP contribution >= 0.6 is 0 Å². The van der Waals surface area contributed by atoms with Gasteiger partial charge in [0, 0.05) is 29.2 Å². The number of nitrogens with one attached hydrogen (secondary N) is 2. The zero-order chi connectivity index (χ0) is 32.3. The zero-order valence-corrected chi connectivity index (χ0v) is 25.7. The van der Waals surface area contributed by atoms with E-state index in [0.717, 1.165) is 55.7 Å². The van der Waals surface area contributed by atoms with Gasteiger partial charge in [0.2, 0.25) is 0 Å². The number of carbonyl (C=O) groups excluding carboxylic acids is 1. The Bertz CT molecular complexity index is 1730. The number of aromatic amines is 1. The molecule has 1 aromatic heterocycles. The number of hydrogen-bond acceptors (Lipinski definition) is 4. The Kier molecular flexibility index (Phi) is 11.0. The van der Waals surface area contributed by atoms with E-state index in [1.807, 2.05) is 42.5 Å². The first-order chi connectivity index (χ1) is 22.4. The second-order valence-corrected chi connectivity index (χ2v) is 11.5. The number of carboxylic acids is 2. The number of likely N-dealkylation sites (tertiary alicyclic amines) is 1. The average Bonchev–Trinajstić information content (AvgIpc) is 3.53. The van der Waals surface area contributed by atoms with E-state index in [9.17, 15) is 4.79 Å². The lowest BCUT2D eigenvalue weighted by Crippen LogP contribution is -2.34. The Hall–Kier alpha value is -5.21. The van der Waals surface area contributed by atoms with Crippen molar-refractivity contribution in [2.75, 3.05) is 26.2 Å². The van der Waals surface area contributed by atoms with Crippen molar-refractivity contribution in [2.45, 2.75) is 31.6 Å². The monoisotopic (exact) mass is 617 g/mol. The van der Waals surface area contributed by atoms with Crippen LogP contribution in [-0.4, -0.2) is 64.1 Å². The third-order valence-electron chi connectivity index (χ3n) is 8.47. The van der Waals surface area contributed by atoms with Gasteiger partial charge in [-0.15, -0.1) is 0 Å². The van der Waals surface area contributed by atoms with Gasteiger partial charge in [-0.25, -0.2) is 9.59 Å². The lowest BCUT2D eigenvalue weighted by Gasteiger charge is -2.32. The largest absolute Gasteiger partial charge is 0.473 e. The normalized spacial score (nSPS) is 13.5. The number of rotatable bonds is 9. The lowest BCUT2D eigenvalue weighted by molar-refractivity contribution is -0.159. The fraction of sp³-hybridized carbons (Fsp3) is 0.237. The molecule has 0 atom stereocenters. The minimum atomic E-state index is -1.82. The molecule has 4 aromatic carbocycles. The topological polar surface area (TPSA) is 123 Å². The number of unbranched alkanes of at least 4 members (excludes halogenated alkanes) is 1. The standard InChI is InChI=1S/C36H37N3O.C2H2O4/c40-36(31-15-13-29(14-16-31)27-9-3-1-4-10-27)37-21-7-8-22-39-23-19-30(20-24-39)34-26-38-35-18-17-32(25-33(34)35)28-11-5-2-6-12-28;3-1(4)2(5)6/h1-6,9-18,25-26,30,38H,7-8,19-24H2,(H,37,40);(H,3,4)(H,5,6). The van der Waals surface area contributed by atoms with Crippen LogP contribution in [0.25, 0.3) is 33.2 Å². The van der Waals surface area contributed by atoms with Gasteiger partial charge in [-0.3, -0.25) is 4.79 Å². The van der Waals surface area contributed by atoms with Crippen molar-refractivity contribution in [1.82, 2.24) is 15.2 Å². The van der Waals surface area contributed by atoms with E-state index in [1.54, 1.807) is 0 Å². The Labute approximate surface area is 268 Å². The number of aliphatic carboxylic acids is 2. The molecule has 5 aromatic rings. The van der Waals surface area contributed by atoms with Crippen LogP contribution < -0.4 is 5.32 Å². The van der Waals surface area contributed by atoms with Crippen LogP contribution in [-0.2, 0) is 9.59 Å². The van der Waals surface area contributed by atoms with Crippen LogP contribution in [0.2, 0.25) is 0 Å². The first kappa shape index (κ1) is 32.2. The molecule has 1 saturated heterocycles. The molecule has 236 valence electrons. The lowest BCUT2D eigenvalue weighted by atomic mass is 9.88. The molecule has 0 spiro atoms. The summed E-state index contributed by atoms with van der Waals surface area (Å²) in [4.78, 5) is 36.9. The summed E-state index contributed by atoms with van der Waals surface area (Å²) in [6.07, 6.45) is 6.72. The summed E-state index contributed by atoms with van der Waals surface area (Å²) in [6, 6.07) is 35.5. The van der Waals surface area contributed by atoms with Crippen molar-refractivity contribution in [3.63, 3.8) is 0 Å². The summed E-state index contributed by atoms with van der Waals surface area (Å²) >= 11 is 0. The van der Waals surface area contributed by atoms with Crippen molar-refractivity contribution >= 4 is 28.7 Å². The SMILES string of the molecule is O=C(NCCCCN1CCC(c2c[nH]c3ccc(-c4ccccc4)cc23)CC1)c1ccc(-c2ccccc2)cc1.O=C(O)C(=O)O. The summed E-state index contributed by atoms with van der Waals surface area (Å²) in [5.41, 5.74) is 8.25. The van der Waals surface area contributed by atoms with Crippen molar-refractivity contribution in [3.8, 4) is 22.3 Å². The van der Waals surface area contributed by atoms with Crippen LogP contribution in [0.15, 0.2) is 109 Å². The van der Waals surface area contributed by atoms with Crippen LogP contribution in [0.5, 0.6) is 0 Å². The van der Waals surface area contributed by atoms with Gasteiger partial charge < -0.3 is 25.4 Å². The maximum Gasteiger partial charge on any atom is 0.414 e. The van der Waals surface area contributed by atoms with Gasteiger partial charge in [0.1, 0.15) is 0 Å². The number of carbonyl (C=O) groups is 3. The van der Waals surface area contributed by atoms with Crippen molar-refractivity contribution < 1.29 is 24.6 Å². The van der Waals surface area contributed by atoms with Crippen LogP contribution in [0.3, 0.4) is 0 Å². The van der Waals surface area contributed by atoms with Crippen molar-refractivity contribution in [1.29, 1.82) is 0 Å². The van der Waals surface area contributed by atoms with Crippen molar-refractivity contribution in [3.05, 3.63) is 120 Å². The molecule has 6 rings (SSSR count). The highest BCUT2D eigenvalue weighted by atomic mass is 16.4. The number of H-pyrrole nitrogens is 1. The van der Waals surface area contributed by atoms with E-state index in [1.165, 1.54) is 40.4 Å². The molecule has 1 fully saturated rings. The van der Waals surface area contributed by atoms with Gasteiger partial charge in [-0.05, 0) is 103 Å². The van der Waals surface area contributed by atoms with E-state index in [-0.39, 0.29) is 5.91 Å². The van der Waals surface area contributed by atoms with E-state index >= 15 is 0 Å². The second-order valence-electron chi connectivity index (χ2n) is 11.5. The smallest absolute Gasteiger partial charge is 0.414 e. The molecule has 8 heteroatoms. The maximum absolute atomic E-state index is 12.6. The Morgan fingerprint density at radius 3 is 1.89 bits per heavy atom. The molecule has 8 nitrogen and oxygen atoms in total. The summed E-state index contributed by atoms with van der Waals surface area (Å²) in [5.74, 6) is -3.04. The minimum Gasteiger partial charge on any atom is -0.473 e. The number of carboxylic acid groups (broad SMARTS) is 2. The molecule has 4 N–H and O–H groups in total. The molecular weight excluding hydrogens is 578 g/mol. The predicted octanol–water partition coefficient (Wildman–Crippen LogP) is 7.05. The van der Waals surface area contributed by atoms with Crippen molar-refractivity contribution in [2.24, 2.45) is 0 Å². The summed E-state index contributed by atoms with van der Waals surface area (Å²) in [6.45, 7) is 4.08. The first-order valence-corrected chi connectivity index (χ1v) is 15.7. The van der Waals surface area contributed by atoms with E-state index in [4.69, 9.17) is 19.8 Å². The van der Waals surface area contributed by atoms with Gasteiger partial charge in [-0.2, -0.15) is 0 Å². The van der Waals surface area contributed by atoms with E-state index in [2.05, 4.69) is 82.1 Å². The fourth-order valence-corrected chi connectivity index (χ4v) is 5.97. The summed E-state index contributed by atoms with van der Waals surface area (Å²) in [5, 5.41) is 19.2.